The number of nitrogens with one attached hydrogen (secondary N) is 2. The molecule has 1 rings (SSSR count). The molecule has 0 aromatic heterocycles. The van der Waals surface area contributed by atoms with Gasteiger partial charge in [-0.1, -0.05) is 0 Å². The molecule has 0 spiro atoms. The first-order valence-electron chi connectivity index (χ1n) is 5.38. The number of carbonyl (C=O) groups excluding carboxylic acids is 1. The first-order valence-corrected chi connectivity index (χ1v) is 6.18. The number of anilines is 1. The molecule has 0 heterocycles. The number of benzene rings is 1. The third-order valence-electron chi connectivity index (χ3n) is 1.96. The first-order chi connectivity index (χ1) is 8.19. The van der Waals surface area contributed by atoms with E-state index < -0.39 is 11.6 Å². The van der Waals surface area contributed by atoms with Gasteiger partial charge >= 0.3 is 0 Å². The van der Waals surface area contributed by atoms with Crippen molar-refractivity contribution in [2.75, 3.05) is 11.9 Å². The van der Waals surface area contributed by atoms with Crippen LogP contribution in [-0.2, 0) is 4.79 Å². The molecule has 2 N–H and O–H groups in total. The van der Waals surface area contributed by atoms with Crippen molar-refractivity contribution in [2.45, 2.75) is 26.3 Å². The van der Waals surface area contributed by atoms with Crippen LogP contribution in [0.1, 0.15) is 20.8 Å². The van der Waals surface area contributed by atoms with Gasteiger partial charge in [-0.05, 0) is 42.8 Å². The molecular formula is C12H15BrF2N2O. The topological polar surface area (TPSA) is 41.1 Å². The van der Waals surface area contributed by atoms with Crippen molar-refractivity contribution in [3.05, 3.63) is 28.2 Å². The van der Waals surface area contributed by atoms with E-state index >= 15 is 0 Å². The van der Waals surface area contributed by atoms with Crippen LogP contribution in [-0.4, -0.2) is 18.0 Å². The zero-order chi connectivity index (χ0) is 13.9. The van der Waals surface area contributed by atoms with Crippen molar-refractivity contribution < 1.29 is 13.6 Å². The molecule has 0 radical (unpaired) electrons. The van der Waals surface area contributed by atoms with Gasteiger partial charge in [0.2, 0.25) is 5.91 Å². The Morgan fingerprint density at radius 3 is 2.44 bits per heavy atom. The fourth-order valence-corrected chi connectivity index (χ4v) is 1.61. The van der Waals surface area contributed by atoms with E-state index in [1.165, 1.54) is 0 Å². The van der Waals surface area contributed by atoms with Gasteiger partial charge in [-0.3, -0.25) is 4.79 Å². The maximum atomic E-state index is 13.4. The Morgan fingerprint density at radius 1 is 1.28 bits per heavy atom. The minimum atomic E-state index is -0.619. The highest BCUT2D eigenvalue weighted by molar-refractivity contribution is 9.10. The van der Waals surface area contributed by atoms with E-state index in [1.807, 2.05) is 20.8 Å². The lowest BCUT2D eigenvalue weighted by Crippen LogP contribution is -2.43. The van der Waals surface area contributed by atoms with Crippen molar-refractivity contribution in [1.29, 1.82) is 0 Å². The molecule has 1 amide bonds. The lowest BCUT2D eigenvalue weighted by Gasteiger charge is -2.20. The van der Waals surface area contributed by atoms with Crippen LogP contribution in [0.4, 0.5) is 14.5 Å². The highest BCUT2D eigenvalue weighted by Crippen LogP contribution is 2.23. The predicted molar refractivity (Wildman–Crippen MR) is 70.4 cm³/mol. The van der Waals surface area contributed by atoms with Gasteiger partial charge in [-0.2, -0.15) is 0 Å². The van der Waals surface area contributed by atoms with Crippen molar-refractivity contribution in [1.82, 2.24) is 5.32 Å². The van der Waals surface area contributed by atoms with E-state index in [1.54, 1.807) is 0 Å². The summed E-state index contributed by atoms with van der Waals surface area (Å²) in [5.74, 6) is -1.49. The summed E-state index contributed by atoms with van der Waals surface area (Å²) < 4.78 is 26.7. The first kappa shape index (κ1) is 14.9. The van der Waals surface area contributed by atoms with Gasteiger partial charge in [0.15, 0.2) is 0 Å². The lowest BCUT2D eigenvalue weighted by molar-refractivity contribution is -0.120. The van der Waals surface area contributed by atoms with Crippen molar-refractivity contribution in [2.24, 2.45) is 0 Å². The van der Waals surface area contributed by atoms with Crippen LogP contribution in [0.25, 0.3) is 0 Å². The summed E-state index contributed by atoms with van der Waals surface area (Å²) >= 11 is 2.88. The molecule has 0 aliphatic heterocycles. The highest BCUT2D eigenvalue weighted by atomic mass is 79.9. The number of halogens is 3. The largest absolute Gasteiger partial charge is 0.374 e. The van der Waals surface area contributed by atoms with Crippen LogP contribution in [0.5, 0.6) is 0 Å². The Kier molecular flexibility index (Phi) is 4.67. The molecule has 100 valence electrons. The SMILES string of the molecule is CC(C)(C)NC(=O)CNc1cc(F)c(Br)cc1F. The number of hydrogen-bond donors (Lipinski definition) is 2. The molecule has 3 nitrogen and oxygen atoms in total. The van der Waals surface area contributed by atoms with Crippen LogP contribution in [0.3, 0.4) is 0 Å². The van der Waals surface area contributed by atoms with Gasteiger partial charge in [0.05, 0.1) is 16.7 Å². The van der Waals surface area contributed by atoms with E-state index in [2.05, 4.69) is 26.6 Å². The number of hydrogen-bond acceptors (Lipinski definition) is 2. The summed E-state index contributed by atoms with van der Waals surface area (Å²) in [5, 5.41) is 5.26. The summed E-state index contributed by atoms with van der Waals surface area (Å²) in [4.78, 5) is 11.5. The van der Waals surface area contributed by atoms with Gasteiger partial charge in [0, 0.05) is 11.6 Å². The van der Waals surface area contributed by atoms with E-state index in [0.717, 1.165) is 12.1 Å². The zero-order valence-corrected chi connectivity index (χ0v) is 12.0. The summed E-state index contributed by atoms with van der Waals surface area (Å²) in [6.45, 7) is 5.40. The average molecular weight is 321 g/mol. The second-order valence-corrected chi connectivity index (χ2v) is 5.75. The Labute approximate surface area is 113 Å². The van der Waals surface area contributed by atoms with Crippen molar-refractivity contribution in [3.8, 4) is 0 Å². The number of rotatable bonds is 3. The minimum Gasteiger partial charge on any atom is -0.374 e. The average Bonchev–Trinajstić information content (AvgIpc) is 2.19. The van der Waals surface area contributed by atoms with E-state index in [-0.39, 0.29) is 28.2 Å². The molecule has 0 aliphatic carbocycles. The molecule has 0 unspecified atom stereocenters. The molecule has 0 fully saturated rings. The Bertz CT molecular complexity index is 458. The molecule has 0 bridgehead atoms. The normalized spacial score (nSPS) is 11.2. The lowest BCUT2D eigenvalue weighted by atomic mass is 10.1. The van der Waals surface area contributed by atoms with Crippen LogP contribution in [0.15, 0.2) is 16.6 Å². The van der Waals surface area contributed by atoms with Crippen LogP contribution in [0, 0.1) is 11.6 Å². The second-order valence-electron chi connectivity index (χ2n) is 4.90. The summed E-state index contributed by atoms with van der Waals surface area (Å²) in [5.41, 5.74) is -0.401. The summed E-state index contributed by atoms with van der Waals surface area (Å²) in [6, 6.07) is 2.02. The maximum absolute atomic E-state index is 13.4. The fraction of sp³-hybridized carbons (Fsp3) is 0.417. The highest BCUT2D eigenvalue weighted by Gasteiger charge is 2.14. The van der Waals surface area contributed by atoms with E-state index in [9.17, 15) is 13.6 Å². The third kappa shape index (κ3) is 4.60. The molecule has 18 heavy (non-hydrogen) atoms. The summed E-state index contributed by atoms with van der Waals surface area (Å²) in [6.07, 6.45) is 0. The van der Waals surface area contributed by atoms with Crippen LogP contribution >= 0.6 is 15.9 Å². The van der Waals surface area contributed by atoms with E-state index in [0.29, 0.717) is 0 Å². The summed E-state index contributed by atoms with van der Waals surface area (Å²) in [7, 11) is 0. The quantitative estimate of drug-likeness (QED) is 0.840. The Hall–Kier alpha value is -1.17. The third-order valence-corrected chi connectivity index (χ3v) is 2.57. The molecule has 0 saturated heterocycles. The number of carbonyl (C=O) groups is 1. The zero-order valence-electron chi connectivity index (χ0n) is 10.4. The molecule has 0 aliphatic rings. The van der Waals surface area contributed by atoms with Gasteiger partial charge < -0.3 is 10.6 Å². The molecule has 0 saturated carbocycles. The smallest absolute Gasteiger partial charge is 0.239 e. The maximum Gasteiger partial charge on any atom is 0.239 e. The van der Waals surface area contributed by atoms with E-state index in [4.69, 9.17) is 0 Å². The second kappa shape index (κ2) is 5.65. The molecule has 0 atom stereocenters. The Morgan fingerprint density at radius 2 is 1.89 bits per heavy atom. The molecular weight excluding hydrogens is 306 g/mol. The number of amides is 1. The van der Waals surface area contributed by atoms with Gasteiger partial charge in [-0.25, -0.2) is 8.78 Å². The Balaban J connectivity index is 2.64. The fourth-order valence-electron chi connectivity index (χ4n) is 1.30. The van der Waals surface area contributed by atoms with Gasteiger partial charge in [0.1, 0.15) is 11.6 Å². The van der Waals surface area contributed by atoms with Crippen molar-refractivity contribution >= 4 is 27.5 Å². The van der Waals surface area contributed by atoms with Crippen molar-refractivity contribution in [3.63, 3.8) is 0 Å². The minimum absolute atomic E-state index is 0.0419. The molecule has 6 heteroatoms. The monoisotopic (exact) mass is 320 g/mol. The predicted octanol–water partition coefficient (Wildman–Crippen LogP) is 3.05. The van der Waals surface area contributed by atoms with Gasteiger partial charge in [0.25, 0.3) is 0 Å². The van der Waals surface area contributed by atoms with Crippen LogP contribution in [0.2, 0.25) is 0 Å². The van der Waals surface area contributed by atoms with Crippen LogP contribution < -0.4 is 10.6 Å². The molecule has 1 aromatic rings. The standard InChI is InChI=1S/C12H15BrF2N2O/c1-12(2,3)17-11(18)6-16-10-5-8(14)7(13)4-9(10)15/h4-5,16H,6H2,1-3H3,(H,17,18). The molecule has 1 aromatic carbocycles. The van der Waals surface area contributed by atoms with Gasteiger partial charge in [-0.15, -0.1) is 0 Å².